The number of likely N-dealkylation sites (N-methyl/N-ethyl adjacent to an activating group) is 1. The number of rotatable bonds is 4. The summed E-state index contributed by atoms with van der Waals surface area (Å²) in [4.78, 5) is 11.1. The second-order valence-corrected chi connectivity index (χ2v) is 7.17. The zero-order valence-corrected chi connectivity index (χ0v) is 16.6. The zero-order valence-electron chi connectivity index (χ0n) is 15.8. The van der Waals surface area contributed by atoms with Gasteiger partial charge < -0.3 is 14.8 Å². The standard InChI is InChI=1S/C21H23N5S/c1-4-25-20(19(24-21(25)27)18-9-5-6-11-23-18)17-12-14(2)26(15(17)3)16-8-7-10-22-13-16/h5-13,19-20H,4H2,1-3H3,(H,24,27)/t19-,20+/m1/s1. The number of aryl methyl sites for hydroxylation is 1. The lowest BCUT2D eigenvalue weighted by Crippen LogP contribution is -2.29. The maximum Gasteiger partial charge on any atom is 0.170 e. The molecular formula is C21H23N5S. The van der Waals surface area contributed by atoms with Gasteiger partial charge in [-0.05, 0) is 68.9 Å². The molecule has 4 rings (SSSR count). The van der Waals surface area contributed by atoms with Crippen molar-refractivity contribution in [2.75, 3.05) is 6.54 Å². The molecule has 0 aliphatic carbocycles. The highest BCUT2D eigenvalue weighted by atomic mass is 32.1. The van der Waals surface area contributed by atoms with Crippen molar-refractivity contribution in [2.24, 2.45) is 0 Å². The van der Waals surface area contributed by atoms with Crippen molar-refractivity contribution >= 4 is 17.3 Å². The first-order valence-corrected chi connectivity index (χ1v) is 9.60. The van der Waals surface area contributed by atoms with Gasteiger partial charge in [0.1, 0.15) is 0 Å². The Bertz CT molecular complexity index is 951. The summed E-state index contributed by atoms with van der Waals surface area (Å²) >= 11 is 5.64. The van der Waals surface area contributed by atoms with Gasteiger partial charge in [0.15, 0.2) is 5.11 Å². The van der Waals surface area contributed by atoms with Crippen LogP contribution in [-0.4, -0.2) is 31.1 Å². The van der Waals surface area contributed by atoms with E-state index in [9.17, 15) is 0 Å². The molecule has 0 radical (unpaired) electrons. The van der Waals surface area contributed by atoms with Crippen molar-refractivity contribution < 1.29 is 0 Å². The summed E-state index contributed by atoms with van der Waals surface area (Å²) in [6.45, 7) is 7.29. The fourth-order valence-electron chi connectivity index (χ4n) is 4.05. The molecule has 1 N–H and O–H groups in total. The second-order valence-electron chi connectivity index (χ2n) is 6.79. The van der Waals surface area contributed by atoms with Gasteiger partial charge in [-0.3, -0.25) is 9.97 Å². The molecule has 0 bridgehead atoms. The molecule has 1 saturated heterocycles. The molecule has 0 amide bonds. The summed E-state index contributed by atoms with van der Waals surface area (Å²) in [5.74, 6) is 0. The third-order valence-corrected chi connectivity index (χ3v) is 5.58. The van der Waals surface area contributed by atoms with Crippen LogP contribution in [0.15, 0.2) is 55.0 Å². The van der Waals surface area contributed by atoms with Crippen LogP contribution in [0.4, 0.5) is 0 Å². The first-order valence-electron chi connectivity index (χ1n) is 9.19. The van der Waals surface area contributed by atoms with Crippen LogP contribution in [0.25, 0.3) is 5.69 Å². The molecular weight excluding hydrogens is 354 g/mol. The first-order chi connectivity index (χ1) is 13.1. The number of thiocarbonyl (C=S) groups is 1. The average Bonchev–Trinajstić information content (AvgIpc) is 3.18. The molecule has 5 nitrogen and oxygen atoms in total. The Morgan fingerprint density at radius 3 is 2.67 bits per heavy atom. The van der Waals surface area contributed by atoms with E-state index in [2.05, 4.69) is 63.7 Å². The van der Waals surface area contributed by atoms with Crippen LogP contribution < -0.4 is 5.32 Å². The van der Waals surface area contributed by atoms with E-state index >= 15 is 0 Å². The monoisotopic (exact) mass is 377 g/mol. The summed E-state index contributed by atoms with van der Waals surface area (Å²) in [6, 6.07) is 12.5. The van der Waals surface area contributed by atoms with Gasteiger partial charge in [0.2, 0.25) is 0 Å². The van der Waals surface area contributed by atoms with Crippen molar-refractivity contribution in [1.29, 1.82) is 0 Å². The van der Waals surface area contributed by atoms with Gasteiger partial charge in [-0.2, -0.15) is 0 Å². The third-order valence-electron chi connectivity index (χ3n) is 5.23. The molecule has 2 atom stereocenters. The summed E-state index contributed by atoms with van der Waals surface area (Å²) in [5.41, 5.74) is 5.73. The topological polar surface area (TPSA) is 46.0 Å². The molecule has 1 fully saturated rings. The normalized spacial score (nSPS) is 19.4. The Kier molecular flexibility index (Phi) is 4.66. The summed E-state index contributed by atoms with van der Waals surface area (Å²) < 4.78 is 2.26. The predicted molar refractivity (Wildman–Crippen MR) is 111 cm³/mol. The van der Waals surface area contributed by atoms with E-state index in [4.69, 9.17) is 12.2 Å². The van der Waals surface area contributed by atoms with Crippen LogP contribution in [0.2, 0.25) is 0 Å². The van der Waals surface area contributed by atoms with Crippen LogP contribution in [0, 0.1) is 13.8 Å². The molecule has 6 heteroatoms. The first kappa shape index (κ1) is 17.7. The van der Waals surface area contributed by atoms with Crippen LogP contribution >= 0.6 is 12.2 Å². The van der Waals surface area contributed by atoms with Gasteiger partial charge in [0, 0.05) is 30.3 Å². The summed E-state index contributed by atoms with van der Waals surface area (Å²) in [7, 11) is 0. The molecule has 1 aliphatic rings. The molecule has 27 heavy (non-hydrogen) atoms. The Morgan fingerprint density at radius 1 is 1.15 bits per heavy atom. The summed E-state index contributed by atoms with van der Waals surface area (Å²) in [6.07, 6.45) is 5.54. The Balaban J connectivity index is 1.84. The van der Waals surface area contributed by atoms with E-state index in [0.29, 0.717) is 0 Å². The highest BCUT2D eigenvalue weighted by Crippen LogP contribution is 2.41. The van der Waals surface area contributed by atoms with Crippen LogP contribution in [0.1, 0.15) is 41.7 Å². The van der Waals surface area contributed by atoms with Crippen molar-refractivity contribution in [2.45, 2.75) is 32.9 Å². The maximum absolute atomic E-state index is 5.64. The fourth-order valence-corrected chi connectivity index (χ4v) is 4.42. The molecule has 0 spiro atoms. The molecule has 0 saturated carbocycles. The Morgan fingerprint density at radius 2 is 2.00 bits per heavy atom. The van der Waals surface area contributed by atoms with Crippen molar-refractivity contribution in [3.8, 4) is 5.69 Å². The minimum Gasteiger partial charge on any atom is -0.352 e. The van der Waals surface area contributed by atoms with E-state index in [0.717, 1.165) is 23.0 Å². The predicted octanol–water partition coefficient (Wildman–Crippen LogP) is 3.88. The number of hydrogen-bond acceptors (Lipinski definition) is 3. The van der Waals surface area contributed by atoms with Gasteiger partial charge in [-0.15, -0.1) is 0 Å². The highest BCUT2D eigenvalue weighted by Gasteiger charge is 2.40. The largest absolute Gasteiger partial charge is 0.352 e. The molecule has 0 aromatic carbocycles. The molecule has 1 aliphatic heterocycles. The van der Waals surface area contributed by atoms with Crippen molar-refractivity contribution in [3.63, 3.8) is 0 Å². The van der Waals surface area contributed by atoms with Gasteiger partial charge in [-0.1, -0.05) is 6.07 Å². The molecule has 138 valence electrons. The van der Waals surface area contributed by atoms with E-state index < -0.39 is 0 Å². The lowest BCUT2D eigenvalue weighted by atomic mass is 9.97. The van der Waals surface area contributed by atoms with Gasteiger partial charge in [0.25, 0.3) is 0 Å². The Hall–Kier alpha value is -2.73. The molecule has 0 unspecified atom stereocenters. The van der Waals surface area contributed by atoms with Crippen molar-refractivity contribution in [3.05, 3.63) is 77.6 Å². The maximum atomic E-state index is 5.64. The van der Waals surface area contributed by atoms with Crippen molar-refractivity contribution in [1.82, 2.24) is 24.8 Å². The SMILES string of the molecule is CCN1C(=S)N[C@H](c2ccccn2)[C@@H]1c1cc(C)n(-c2cccnc2)c1C. The highest BCUT2D eigenvalue weighted by molar-refractivity contribution is 7.80. The minimum absolute atomic E-state index is 0.0292. The minimum atomic E-state index is 0.0292. The fraction of sp³-hybridized carbons (Fsp3) is 0.286. The Labute approximate surface area is 165 Å². The molecule has 3 aromatic heterocycles. The van der Waals surface area contributed by atoms with Crippen LogP contribution in [0.3, 0.4) is 0 Å². The number of hydrogen-bond donors (Lipinski definition) is 1. The number of nitrogens with zero attached hydrogens (tertiary/aromatic N) is 4. The number of pyridine rings is 2. The summed E-state index contributed by atoms with van der Waals surface area (Å²) in [5, 5.41) is 4.27. The van der Waals surface area contributed by atoms with E-state index in [1.807, 2.05) is 30.6 Å². The van der Waals surface area contributed by atoms with E-state index in [1.165, 1.54) is 17.0 Å². The third kappa shape index (κ3) is 3.00. The second kappa shape index (κ2) is 7.12. The zero-order chi connectivity index (χ0) is 19.0. The quantitative estimate of drug-likeness (QED) is 0.699. The lowest BCUT2D eigenvalue weighted by Gasteiger charge is -2.27. The number of nitrogens with one attached hydrogen (secondary N) is 1. The number of aromatic nitrogens is 3. The molecule has 4 heterocycles. The van der Waals surface area contributed by atoms with Crippen LogP contribution in [0.5, 0.6) is 0 Å². The smallest absolute Gasteiger partial charge is 0.170 e. The molecule has 3 aromatic rings. The van der Waals surface area contributed by atoms with Crippen LogP contribution in [-0.2, 0) is 0 Å². The lowest BCUT2D eigenvalue weighted by molar-refractivity contribution is 0.329. The van der Waals surface area contributed by atoms with Gasteiger partial charge >= 0.3 is 0 Å². The van der Waals surface area contributed by atoms with Gasteiger partial charge in [-0.25, -0.2) is 0 Å². The van der Waals surface area contributed by atoms with Gasteiger partial charge in [0.05, 0.1) is 29.7 Å². The van der Waals surface area contributed by atoms with E-state index in [-0.39, 0.29) is 12.1 Å². The van der Waals surface area contributed by atoms with E-state index in [1.54, 1.807) is 6.20 Å². The average molecular weight is 378 g/mol.